The number of esters is 1. The molecule has 2 rings (SSSR count). The van der Waals surface area contributed by atoms with Crippen LogP contribution in [0.15, 0.2) is 60.7 Å². The fraction of sp³-hybridized carbons (Fsp3) is 0.400. The highest BCUT2D eigenvalue weighted by Crippen LogP contribution is 2.09. The van der Waals surface area contributed by atoms with Gasteiger partial charge in [0.2, 0.25) is 5.91 Å². The van der Waals surface area contributed by atoms with E-state index in [1.54, 1.807) is 6.92 Å². The topological polar surface area (TPSA) is 93.7 Å². The monoisotopic (exact) mass is 440 g/mol. The maximum atomic E-state index is 12.8. The predicted molar refractivity (Wildman–Crippen MR) is 121 cm³/mol. The maximum Gasteiger partial charge on any atom is 0.408 e. The molecule has 32 heavy (non-hydrogen) atoms. The highest BCUT2D eigenvalue weighted by atomic mass is 16.5. The second-order valence-corrected chi connectivity index (χ2v) is 7.95. The van der Waals surface area contributed by atoms with E-state index < -0.39 is 30.1 Å². The molecule has 0 aromatic heterocycles. The molecule has 2 atom stereocenters. The molecule has 2 aromatic rings. The summed E-state index contributed by atoms with van der Waals surface area (Å²) in [6.07, 6.45) is 0.0860. The third-order valence-electron chi connectivity index (χ3n) is 4.76. The Labute approximate surface area is 189 Å². The van der Waals surface area contributed by atoms with Crippen molar-refractivity contribution in [1.82, 2.24) is 10.6 Å². The quantitative estimate of drug-likeness (QED) is 0.516. The number of hydrogen-bond acceptors (Lipinski definition) is 5. The Morgan fingerprint density at radius 2 is 1.31 bits per heavy atom. The first-order valence-electron chi connectivity index (χ1n) is 10.9. The minimum atomic E-state index is -0.825. The second kappa shape index (κ2) is 13.1. The van der Waals surface area contributed by atoms with Gasteiger partial charge in [0.05, 0.1) is 0 Å². The normalized spacial score (nSPS) is 12.5. The van der Waals surface area contributed by atoms with E-state index in [4.69, 9.17) is 9.47 Å². The van der Waals surface area contributed by atoms with Gasteiger partial charge in [-0.15, -0.1) is 0 Å². The van der Waals surface area contributed by atoms with E-state index in [0.717, 1.165) is 11.1 Å². The molecule has 0 spiro atoms. The highest BCUT2D eigenvalue weighted by molar-refractivity contribution is 5.89. The van der Waals surface area contributed by atoms with Gasteiger partial charge in [-0.2, -0.15) is 0 Å². The zero-order valence-corrected chi connectivity index (χ0v) is 18.9. The molecule has 172 valence electrons. The molecule has 0 aliphatic heterocycles. The Morgan fingerprint density at radius 1 is 0.781 bits per heavy atom. The Kier molecular flexibility index (Phi) is 10.2. The number of benzene rings is 2. The van der Waals surface area contributed by atoms with Crippen molar-refractivity contribution in [2.45, 2.75) is 58.9 Å². The third-order valence-corrected chi connectivity index (χ3v) is 4.76. The zero-order chi connectivity index (χ0) is 23.3. The van der Waals surface area contributed by atoms with Crippen LogP contribution >= 0.6 is 0 Å². The Balaban J connectivity index is 1.91. The van der Waals surface area contributed by atoms with Crippen molar-refractivity contribution in [3.05, 3.63) is 71.8 Å². The number of nitrogens with one attached hydrogen (secondary N) is 2. The summed E-state index contributed by atoms with van der Waals surface area (Å²) in [6, 6.07) is 17.0. The summed E-state index contributed by atoms with van der Waals surface area (Å²) < 4.78 is 10.6. The van der Waals surface area contributed by atoms with Crippen molar-refractivity contribution in [2.24, 2.45) is 5.92 Å². The van der Waals surface area contributed by atoms with Crippen LogP contribution in [0.2, 0.25) is 0 Å². The van der Waals surface area contributed by atoms with Crippen molar-refractivity contribution < 1.29 is 23.9 Å². The van der Waals surface area contributed by atoms with Gasteiger partial charge in [-0.3, -0.25) is 4.79 Å². The van der Waals surface area contributed by atoms with E-state index in [2.05, 4.69) is 10.6 Å². The number of carbonyl (C=O) groups excluding carboxylic acids is 3. The van der Waals surface area contributed by atoms with Gasteiger partial charge in [-0.05, 0) is 29.9 Å². The van der Waals surface area contributed by atoms with Gasteiger partial charge in [-0.25, -0.2) is 9.59 Å². The van der Waals surface area contributed by atoms with Crippen LogP contribution in [-0.4, -0.2) is 30.1 Å². The standard InChI is InChI=1S/C25H32N2O5/c1-4-21(24(29)31-16-19-11-7-5-8-12-19)26-23(28)22(15-18(2)3)27-25(30)32-17-20-13-9-6-10-14-20/h5-14,18,21-22H,4,15-17H2,1-3H3,(H,26,28)(H,27,30)/t21-,22-/m0/s1. The summed E-state index contributed by atoms with van der Waals surface area (Å²) in [4.78, 5) is 37.6. The molecule has 0 radical (unpaired) electrons. The molecule has 2 aromatic carbocycles. The number of carbonyl (C=O) groups is 3. The van der Waals surface area contributed by atoms with E-state index in [0.29, 0.717) is 12.8 Å². The lowest BCUT2D eigenvalue weighted by Crippen LogP contribution is -2.52. The van der Waals surface area contributed by atoms with Gasteiger partial charge >= 0.3 is 12.1 Å². The average molecular weight is 441 g/mol. The summed E-state index contributed by atoms with van der Waals surface area (Å²) in [5.74, 6) is -0.816. The van der Waals surface area contributed by atoms with Gasteiger partial charge in [0.1, 0.15) is 25.3 Å². The van der Waals surface area contributed by atoms with Gasteiger partial charge in [0, 0.05) is 0 Å². The molecular weight excluding hydrogens is 408 g/mol. The van der Waals surface area contributed by atoms with Crippen molar-refractivity contribution in [3.8, 4) is 0 Å². The van der Waals surface area contributed by atoms with E-state index in [-0.39, 0.29) is 19.1 Å². The molecule has 2 N–H and O–H groups in total. The molecule has 0 saturated carbocycles. The highest BCUT2D eigenvalue weighted by Gasteiger charge is 2.27. The number of amides is 2. The first-order chi connectivity index (χ1) is 15.4. The fourth-order valence-electron chi connectivity index (χ4n) is 3.04. The molecule has 0 fully saturated rings. The van der Waals surface area contributed by atoms with E-state index in [1.807, 2.05) is 74.5 Å². The van der Waals surface area contributed by atoms with Crippen molar-refractivity contribution in [2.75, 3.05) is 0 Å². The van der Waals surface area contributed by atoms with Gasteiger partial charge < -0.3 is 20.1 Å². The zero-order valence-electron chi connectivity index (χ0n) is 18.9. The molecule has 0 aliphatic rings. The van der Waals surface area contributed by atoms with Gasteiger partial charge in [0.25, 0.3) is 0 Å². The van der Waals surface area contributed by atoms with E-state index in [9.17, 15) is 14.4 Å². The molecule has 0 aliphatic carbocycles. The average Bonchev–Trinajstić information content (AvgIpc) is 2.80. The van der Waals surface area contributed by atoms with Crippen LogP contribution in [0.4, 0.5) is 4.79 Å². The number of ether oxygens (including phenoxy) is 2. The van der Waals surface area contributed by atoms with Gasteiger partial charge in [-0.1, -0.05) is 81.4 Å². The van der Waals surface area contributed by atoms with Crippen LogP contribution in [-0.2, 0) is 32.3 Å². The van der Waals surface area contributed by atoms with Crippen LogP contribution in [0.1, 0.15) is 44.7 Å². The largest absolute Gasteiger partial charge is 0.459 e. The van der Waals surface area contributed by atoms with Crippen LogP contribution in [0.3, 0.4) is 0 Å². The van der Waals surface area contributed by atoms with E-state index >= 15 is 0 Å². The summed E-state index contributed by atoms with van der Waals surface area (Å²) in [5.41, 5.74) is 1.71. The van der Waals surface area contributed by atoms with Gasteiger partial charge in [0.15, 0.2) is 0 Å². The molecule has 0 bridgehead atoms. The Morgan fingerprint density at radius 3 is 1.81 bits per heavy atom. The van der Waals surface area contributed by atoms with Crippen molar-refractivity contribution in [3.63, 3.8) is 0 Å². The minimum Gasteiger partial charge on any atom is -0.459 e. The SMILES string of the molecule is CC[C@H](NC(=O)[C@H](CC(C)C)NC(=O)OCc1ccccc1)C(=O)OCc1ccccc1. The number of alkyl carbamates (subject to hydrolysis) is 1. The molecular formula is C25H32N2O5. The smallest absolute Gasteiger partial charge is 0.408 e. The van der Waals surface area contributed by atoms with Crippen LogP contribution < -0.4 is 10.6 Å². The molecule has 0 unspecified atom stereocenters. The Hall–Kier alpha value is -3.35. The first-order valence-corrected chi connectivity index (χ1v) is 10.9. The summed E-state index contributed by atoms with van der Waals surface area (Å²) in [5, 5.41) is 5.32. The second-order valence-electron chi connectivity index (χ2n) is 7.95. The van der Waals surface area contributed by atoms with Crippen LogP contribution in [0.5, 0.6) is 0 Å². The fourth-order valence-corrected chi connectivity index (χ4v) is 3.04. The summed E-state index contributed by atoms with van der Waals surface area (Å²) in [6.45, 7) is 5.91. The molecule has 0 heterocycles. The Bertz CT molecular complexity index is 855. The predicted octanol–water partition coefficient (Wildman–Crippen LogP) is 3.97. The number of hydrogen-bond donors (Lipinski definition) is 2. The molecule has 7 heteroatoms. The van der Waals surface area contributed by atoms with Crippen molar-refractivity contribution >= 4 is 18.0 Å². The third kappa shape index (κ3) is 8.79. The van der Waals surface area contributed by atoms with E-state index in [1.165, 1.54) is 0 Å². The molecule has 0 saturated heterocycles. The lowest BCUT2D eigenvalue weighted by molar-refractivity contribution is -0.149. The molecule has 7 nitrogen and oxygen atoms in total. The lowest BCUT2D eigenvalue weighted by Gasteiger charge is -2.23. The van der Waals surface area contributed by atoms with Crippen molar-refractivity contribution in [1.29, 1.82) is 0 Å². The lowest BCUT2D eigenvalue weighted by atomic mass is 10.0. The summed E-state index contributed by atoms with van der Waals surface area (Å²) >= 11 is 0. The molecule has 2 amide bonds. The van der Waals surface area contributed by atoms with Crippen LogP contribution in [0.25, 0.3) is 0 Å². The summed E-state index contributed by atoms with van der Waals surface area (Å²) in [7, 11) is 0. The maximum absolute atomic E-state index is 12.8. The first kappa shape index (κ1) is 24.9. The minimum absolute atomic E-state index is 0.103. The number of rotatable bonds is 11. The van der Waals surface area contributed by atoms with Crippen LogP contribution in [0, 0.1) is 5.92 Å².